The van der Waals surface area contributed by atoms with E-state index in [0.29, 0.717) is 0 Å². The molecule has 1 aromatic heterocycles. The molecule has 0 bridgehead atoms. The summed E-state index contributed by atoms with van der Waals surface area (Å²) in [4.78, 5) is 37.1. The number of nitrogens with one attached hydrogen (secondary N) is 1. The summed E-state index contributed by atoms with van der Waals surface area (Å²) in [5.74, 6) is -1.33. The molecule has 1 rings (SSSR count). The third-order valence-corrected chi connectivity index (χ3v) is 2.33. The van der Waals surface area contributed by atoms with Crippen molar-refractivity contribution in [1.29, 1.82) is 0 Å². The number of aromatic nitrogens is 1. The molecule has 0 saturated carbocycles. The quantitative estimate of drug-likeness (QED) is 0.810. The Kier molecular flexibility index (Phi) is 4.65. The molecule has 0 aliphatic heterocycles. The van der Waals surface area contributed by atoms with Gasteiger partial charge in [-0.15, -0.1) is 0 Å². The van der Waals surface area contributed by atoms with Gasteiger partial charge in [0.25, 0.3) is 5.56 Å². The van der Waals surface area contributed by atoms with E-state index < -0.39 is 17.5 Å². The second kappa shape index (κ2) is 6.00. The van der Waals surface area contributed by atoms with Crippen LogP contribution in [0.2, 0.25) is 0 Å². The van der Waals surface area contributed by atoms with E-state index in [1.54, 1.807) is 13.8 Å². The largest absolute Gasteiger partial charge is 0.462 e. The first-order valence-corrected chi connectivity index (χ1v) is 5.59. The summed E-state index contributed by atoms with van der Waals surface area (Å²) in [7, 11) is 0. The number of rotatable bonds is 4. The first-order valence-electron chi connectivity index (χ1n) is 5.59. The van der Waals surface area contributed by atoms with Crippen LogP contribution in [0, 0.1) is 6.92 Å². The average Bonchev–Trinajstić information content (AvgIpc) is 2.29. The van der Waals surface area contributed by atoms with Crippen molar-refractivity contribution in [2.75, 3.05) is 13.2 Å². The van der Waals surface area contributed by atoms with Gasteiger partial charge in [-0.3, -0.25) is 4.79 Å². The van der Waals surface area contributed by atoms with E-state index in [-0.39, 0.29) is 29.9 Å². The van der Waals surface area contributed by atoms with Gasteiger partial charge in [-0.25, -0.2) is 9.59 Å². The van der Waals surface area contributed by atoms with E-state index in [1.807, 2.05) is 0 Å². The predicted molar refractivity (Wildman–Crippen MR) is 63.7 cm³/mol. The molecule has 0 aliphatic rings. The second-order valence-corrected chi connectivity index (χ2v) is 3.47. The minimum Gasteiger partial charge on any atom is -0.462 e. The predicted octanol–water partition coefficient (Wildman–Crippen LogP) is 1.04. The third kappa shape index (κ3) is 2.77. The van der Waals surface area contributed by atoms with Crippen molar-refractivity contribution in [2.45, 2.75) is 20.8 Å². The molecule has 1 N–H and O–H groups in total. The van der Waals surface area contributed by atoms with Crippen molar-refractivity contribution in [3.05, 3.63) is 33.2 Å². The number of carbonyl (C=O) groups excluding carboxylic acids is 2. The molecule has 6 heteroatoms. The van der Waals surface area contributed by atoms with Crippen LogP contribution in [0.1, 0.15) is 40.1 Å². The summed E-state index contributed by atoms with van der Waals surface area (Å²) in [6, 6.07) is 0. The zero-order valence-corrected chi connectivity index (χ0v) is 10.5. The third-order valence-electron chi connectivity index (χ3n) is 2.33. The molecule has 1 heterocycles. The molecular formula is C12H15NO5. The van der Waals surface area contributed by atoms with Crippen LogP contribution in [-0.2, 0) is 9.47 Å². The van der Waals surface area contributed by atoms with Crippen molar-refractivity contribution < 1.29 is 19.1 Å². The van der Waals surface area contributed by atoms with Gasteiger partial charge in [0.05, 0.1) is 18.8 Å². The van der Waals surface area contributed by atoms with Crippen molar-refractivity contribution >= 4 is 11.9 Å². The van der Waals surface area contributed by atoms with Crippen LogP contribution in [0.5, 0.6) is 0 Å². The number of esters is 2. The van der Waals surface area contributed by atoms with Gasteiger partial charge in [-0.2, -0.15) is 0 Å². The molecule has 0 saturated heterocycles. The Morgan fingerprint density at radius 2 is 1.72 bits per heavy atom. The summed E-state index contributed by atoms with van der Waals surface area (Å²) in [5.41, 5.74) is -0.337. The smallest absolute Gasteiger partial charge is 0.344 e. The maximum Gasteiger partial charge on any atom is 0.344 e. The summed E-state index contributed by atoms with van der Waals surface area (Å²) < 4.78 is 9.60. The van der Waals surface area contributed by atoms with Gasteiger partial charge in [0, 0.05) is 6.20 Å². The lowest BCUT2D eigenvalue weighted by atomic mass is 10.1. The van der Waals surface area contributed by atoms with E-state index in [0.717, 1.165) is 0 Å². The Hall–Kier alpha value is -2.11. The number of aromatic amines is 1. The molecule has 0 aromatic carbocycles. The topological polar surface area (TPSA) is 85.5 Å². The molecule has 6 nitrogen and oxygen atoms in total. The Bertz CT molecular complexity index is 518. The summed E-state index contributed by atoms with van der Waals surface area (Å²) in [6.07, 6.45) is 1.23. The van der Waals surface area contributed by atoms with Crippen LogP contribution in [0.3, 0.4) is 0 Å². The average molecular weight is 253 g/mol. The zero-order valence-electron chi connectivity index (χ0n) is 10.5. The molecule has 1 aromatic rings. The first kappa shape index (κ1) is 14.0. The van der Waals surface area contributed by atoms with E-state index >= 15 is 0 Å². The van der Waals surface area contributed by atoms with Gasteiger partial charge in [-0.05, 0) is 26.3 Å². The minimum absolute atomic E-state index is 0.152. The monoisotopic (exact) mass is 253 g/mol. The zero-order chi connectivity index (χ0) is 13.7. The van der Waals surface area contributed by atoms with Gasteiger partial charge in [0.15, 0.2) is 0 Å². The molecule has 0 aliphatic carbocycles. The number of H-pyrrole nitrogens is 1. The van der Waals surface area contributed by atoms with Gasteiger partial charge in [-0.1, -0.05) is 0 Å². The van der Waals surface area contributed by atoms with Gasteiger partial charge in [0.2, 0.25) is 0 Å². The summed E-state index contributed by atoms with van der Waals surface area (Å²) >= 11 is 0. The summed E-state index contributed by atoms with van der Waals surface area (Å²) in [6.45, 7) is 5.18. The van der Waals surface area contributed by atoms with Crippen LogP contribution in [-0.4, -0.2) is 30.1 Å². The molecule has 0 spiro atoms. The molecule has 98 valence electrons. The fraction of sp³-hybridized carbons (Fsp3) is 0.417. The van der Waals surface area contributed by atoms with E-state index in [4.69, 9.17) is 9.47 Å². The molecule has 0 unspecified atom stereocenters. The normalized spacial score (nSPS) is 9.94. The van der Waals surface area contributed by atoms with E-state index in [1.165, 1.54) is 13.1 Å². The fourth-order valence-corrected chi connectivity index (χ4v) is 1.49. The number of carbonyl (C=O) groups is 2. The van der Waals surface area contributed by atoms with Crippen molar-refractivity contribution in [3.63, 3.8) is 0 Å². The lowest BCUT2D eigenvalue weighted by Crippen LogP contribution is -2.24. The number of hydrogen-bond acceptors (Lipinski definition) is 5. The number of ether oxygens (including phenoxy) is 2. The Balaban J connectivity index is 3.27. The Morgan fingerprint density at radius 3 is 2.28 bits per heavy atom. The molecule has 0 amide bonds. The maximum atomic E-state index is 11.6. The van der Waals surface area contributed by atoms with E-state index in [2.05, 4.69) is 4.98 Å². The van der Waals surface area contributed by atoms with Crippen molar-refractivity contribution in [1.82, 2.24) is 4.98 Å². The standard InChI is InChI=1S/C12H15NO5/c1-4-17-11(15)8-6-13-10(14)9(7(8)3)12(16)18-5-2/h6H,4-5H2,1-3H3,(H,13,14). The number of hydrogen-bond donors (Lipinski definition) is 1. The highest BCUT2D eigenvalue weighted by atomic mass is 16.5. The van der Waals surface area contributed by atoms with Gasteiger partial charge in [0.1, 0.15) is 5.56 Å². The van der Waals surface area contributed by atoms with Crippen LogP contribution in [0.4, 0.5) is 0 Å². The van der Waals surface area contributed by atoms with Crippen LogP contribution in [0.15, 0.2) is 11.0 Å². The molecule has 0 fully saturated rings. The lowest BCUT2D eigenvalue weighted by Gasteiger charge is -2.08. The lowest BCUT2D eigenvalue weighted by molar-refractivity contribution is 0.0521. The first-order chi connectivity index (χ1) is 8.52. The van der Waals surface area contributed by atoms with E-state index in [9.17, 15) is 14.4 Å². The second-order valence-electron chi connectivity index (χ2n) is 3.47. The molecule has 0 radical (unpaired) electrons. The molecular weight excluding hydrogens is 238 g/mol. The van der Waals surface area contributed by atoms with Crippen molar-refractivity contribution in [3.8, 4) is 0 Å². The van der Waals surface area contributed by atoms with Crippen molar-refractivity contribution in [2.24, 2.45) is 0 Å². The SMILES string of the molecule is CCOC(=O)c1c[nH]c(=O)c(C(=O)OCC)c1C. The summed E-state index contributed by atoms with van der Waals surface area (Å²) in [5, 5.41) is 0. The minimum atomic E-state index is -0.748. The van der Waals surface area contributed by atoms with Crippen LogP contribution >= 0.6 is 0 Å². The number of pyridine rings is 1. The molecule has 18 heavy (non-hydrogen) atoms. The Morgan fingerprint density at radius 1 is 1.17 bits per heavy atom. The Labute approximate surface area is 104 Å². The highest BCUT2D eigenvalue weighted by molar-refractivity contribution is 5.97. The van der Waals surface area contributed by atoms with Gasteiger partial charge >= 0.3 is 11.9 Å². The highest BCUT2D eigenvalue weighted by Crippen LogP contribution is 2.11. The van der Waals surface area contributed by atoms with Crippen LogP contribution < -0.4 is 5.56 Å². The molecule has 0 atom stereocenters. The van der Waals surface area contributed by atoms with Crippen LogP contribution in [0.25, 0.3) is 0 Å². The fourth-order valence-electron chi connectivity index (χ4n) is 1.49. The maximum absolute atomic E-state index is 11.6. The van der Waals surface area contributed by atoms with Gasteiger partial charge < -0.3 is 14.5 Å². The highest BCUT2D eigenvalue weighted by Gasteiger charge is 2.21.